The van der Waals surface area contributed by atoms with Gasteiger partial charge in [0.1, 0.15) is 0 Å². The average molecular weight is 274 g/mol. The van der Waals surface area contributed by atoms with Gasteiger partial charge in [0, 0.05) is 25.4 Å². The summed E-state index contributed by atoms with van der Waals surface area (Å²) in [7, 11) is 0. The molecule has 0 aliphatic heterocycles. The Bertz CT molecular complexity index is 530. The molecule has 0 aliphatic rings. The third kappa shape index (κ3) is 4.13. The van der Waals surface area contributed by atoms with Gasteiger partial charge in [-0.25, -0.2) is 0 Å². The summed E-state index contributed by atoms with van der Waals surface area (Å²) in [6.45, 7) is 7.07. The molecule has 0 bridgehead atoms. The van der Waals surface area contributed by atoms with E-state index in [0.717, 1.165) is 12.0 Å². The number of hydrogen-bond acceptors (Lipinski definition) is 5. The zero-order chi connectivity index (χ0) is 14.6. The summed E-state index contributed by atoms with van der Waals surface area (Å²) in [5.41, 5.74) is 7.09. The lowest BCUT2D eigenvalue weighted by Crippen LogP contribution is -2.19. The Morgan fingerprint density at radius 2 is 2.15 bits per heavy atom. The molecule has 2 aromatic rings. The molecular formula is C15H22N4O. The highest BCUT2D eigenvalue weighted by Gasteiger charge is 2.24. The van der Waals surface area contributed by atoms with Crippen molar-refractivity contribution in [2.75, 3.05) is 6.54 Å². The summed E-state index contributed by atoms with van der Waals surface area (Å²) in [4.78, 5) is 8.56. The summed E-state index contributed by atoms with van der Waals surface area (Å²) in [5.74, 6) is 1.44. The van der Waals surface area contributed by atoms with Gasteiger partial charge in [-0.1, -0.05) is 32.0 Å². The van der Waals surface area contributed by atoms with Gasteiger partial charge in [0.25, 0.3) is 0 Å². The molecule has 0 saturated heterocycles. The summed E-state index contributed by atoms with van der Waals surface area (Å²) >= 11 is 0. The van der Waals surface area contributed by atoms with Gasteiger partial charge >= 0.3 is 0 Å². The van der Waals surface area contributed by atoms with Crippen molar-refractivity contribution in [2.45, 2.75) is 39.5 Å². The van der Waals surface area contributed by atoms with Crippen LogP contribution in [0, 0.1) is 5.41 Å². The van der Waals surface area contributed by atoms with Gasteiger partial charge in [0.2, 0.25) is 5.89 Å². The van der Waals surface area contributed by atoms with Crippen LogP contribution in [0.15, 0.2) is 29.0 Å². The normalized spacial score (nSPS) is 13.4. The van der Waals surface area contributed by atoms with E-state index in [1.165, 1.54) is 0 Å². The molecule has 108 valence electrons. The van der Waals surface area contributed by atoms with Crippen LogP contribution in [0.2, 0.25) is 0 Å². The van der Waals surface area contributed by atoms with Crippen LogP contribution in [0.3, 0.4) is 0 Å². The SMILES string of the molecule is CC(C)(C)CC(CN)c1nc(Cc2cccnc2)no1. The second kappa shape index (κ2) is 6.13. The zero-order valence-electron chi connectivity index (χ0n) is 12.3. The molecule has 5 heteroatoms. The molecule has 2 rings (SSSR count). The van der Waals surface area contributed by atoms with Gasteiger partial charge in [-0.05, 0) is 23.5 Å². The molecule has 2 N–H and O–H groups in total. The van der Waals surface area contributed by atoms with Gasteiger partial charge in [-0.15, -0.1) is 0 Å². The van der Waals surface area contributed by atoms with Crippen LogP contribution in [0.25, 0.3) is 0 Å². The van der Waals surface area contributed by atoms with Crippen LogP contribution in [0.4, 0.5) is 0 Å². The second-order valence-electron chi connectivity index (χ2n) is 6.28. The van der Waals surface area contributed by atoms with E-state index in [1.807, 2.05) is 18.3 Å². The third-order valence-corrected chi connectivity index (χ3v) is 3.06. The van der Waals surface area contributed by atoms with Crippen molar-refractivity contribution in [2.24, 2.45) is 11.1 Å². The van der Waals surface area contributed by atoms with Crippen LogP contribution >= 0.6 is 0 Å². The number of nitrogens with two attached hydrogens (primary N) is 1. The molecule has 20 heavy (non-hydrogen) atoms. The van der Waals surface area contributed by atoms with Gasteiger partial charge in [-0.2, -0.15) is 4.98 Å². The zero-order valence-corrected chi connectivity index (χ0v) is 12.3. The summed E-state index contributed by atoms with van der Waals surface area (Å²) < 4.78 is 5.37. The maximum Gasteiger partial charge on any atom is 0.231 e. The lowest BCUT2D eigenvalue weighted by molar-refractivity contribution is 0.286. The highest BCUT2D eigenvalue weighted by Crippen LogP contribution is 2.29. The standard InChI is InChI=1S/C15H22N4O/c1-15(2,3)8-12(9-16)14-18-13(19-20-14)7-11-5-4-6-17-10-11/h4-6,10,12H,7-9,16H2,1-3H3. The van der Waals surface area contributed by atoms with E-state index in [0.29, 0.717) is 24.7 Å². The largest absolute Gasteiger partial charge is 0.339 e. The van der Waals surface area contributed by atoms with Crippen molar-refractivity contribution in [3.8, 4) is 0 Å². The van der Waals surface area contributed by atoms with Crippen molar-refractivity contribution in [1.82, 2.24) is 15.1 Å². The molecule has 1 atom stereocenters. The summed E-state index contributed by atoms with van der Waals surface area (Å²) in [5, 5.41) is 4.04. The van der Waals surface area contributed by atoms with Crippen LogP contribution in [0.1, 0.15) is 50.4 Å². The lowest BCUT2D eigenvalue weighted by Gasteiger charge is -2.22. The maximum absolute atomic E-state index is 5.84. The van der Waals surface area contributed by atoms with Crippen LogP contribution in [-0.4, -0.2) is 21.7 Å². The van der Waals surface area contributed by atoms with Crippen molar-refractivity contribution in [1.29, 1.82) is 0 Å². The fourth-order valence-electron chi connectivity index (χ4n) is 2.20. The minimum Gasteiger partial charge on any atom is -0.339 e. The van der Waals surface area contributed by atoms with Crippen molar-refractivity contribution in [3.63, 3.8) is 0 Å². The van der Waals surface area contributed by atoms with Crippen LogP contribution in [-0.2, 0) is 6.42 Å². The molecule has 0 aromatic carbocycles. The van der Waals surface area contributed by atoms with E-state index in [-0.39, 0.29) is 11.3 Å². The predicted molar refractivity (Wildman–Crippen MR) is 77.2 cm³/mol. The fraction of sp³-hybridized carbons (Fsp3) is 0.533. The number of hydrogen-bond donors (Lipinski definition) is 1. The summed E-state index contributed by atoms with van der Waals surface area (Å²) in [6.07, 6.45) is 5.12. The smallest absolute Gasteiger partial charge is 0.231 e. The fourth-order valence-corrected chi connectivity index (χ4v) is 2.20. The molecule has 0 saturated carbocycles. The molecule has 0 radical (unpaired) electrons. The molecule has 0 fully saturated rings. The maximum atomic E-state index is 5.84. The molecular weight excluding hydrogens is 252 g/mol. The minimum absolute atomic E-state index is 0.116. The highest BCUT2D eigenvalue weighted by atomic mass is 16.5. The number of aromatic nitrogens is 3. The van der Waals surface area contributed by atoms with Crippen LogP contribution < -0.4 is 5.73 Å². The Labute approximate surface area is 119 Å². The monoisotopic (exact) mass is 274 g/mol. The molecule has 2 aromatic heterocycles. The number of pyridine rings is 1. The van der Waals surface area contributed by atoms with E-state index in [9.17, 15) is 0 Å². The number of nitrogens with zero attached hydrogens (tertiary/aromatic N) is 3. The molecule has 1 unspecified atom stereocenters. The van der Waals surface area contributed by atoms with E-state index in [2.05, 4.69) is 35.9 Å². The predicted octanol–water partition coefficient (Wildman–Crippen LogP) is 2.53. The van der Waals surface area contributed by atoms with Crippen molar-refractivity contribution in [3.05, 3.63) is 41.8 Å². The van der Waals surface area contributed by atoms with Crippen LogP contribution in [0.5, 0.6) is 0 Å². The molecule has 5 nitrogen and oxygen atoms in total. The molecule has 0 aliphatic carbocycles. The molecule has 2 heterocycles. The van der Waals surface area contributed by atoms with Crippen molar-refractivity contribution < 1.29 is 4.52 Å². The van der Waals surface area contributed by atoms with Gasteiger partial charge in [0.15, 0.2) is 5.82 Å². The first-order valence-electron chi connectivity index (χ1n) is 6.89. The Morgan fingerprint density at radius 1 is 1.35 bits per heavy atom. The first-order valence-corrected chi connectivity index (χ1v) is 6.89. The Hall–Kier alpha value is -1.75. The Kier molecular flexibility index (Phi) is 4.49. The van der Waals surface area contributed by atoms with Gasteiger partial charge in [-0.3, -0.25) is 4.98 Å². The van der Waals surface area contributed by atoms with E-state index in [1.54, 1.807) is 6.20 Å². The lowest BCUT2D eigenvalue weighted by atomic mass is 9.84. The van der Waals surface area contributed by atoms with Gasteiger partial charge < -0.3 is 10.3 Å². The Balaban J connectivity index is 2.07. The van der Waals surface area contributed by atoms with E-state index < -0.39 is 0 Å². The van der Waals surface area contributed by atoms with E-state index >= 15 is 0 Å². The molecule has 0 spiro atoms. The first-order chi connectivity index (χ1) is 9.48. The topological polar surface area (TPSA) is 77.8 Å². The van der Waals surface area contributed by atoms with Crippen molar-refractivity contribution >= 4 is 0 Å². The Morgan fingerprint density at radius 3 is 2.75 bits per heavy atom. The average Bonchev–Trinajstić information content (AvgIpc) is 2.84. The highest BCUT2D eigenvalue weighted by molar-refractivity contribution is 5.14. The quantitative estimate of drug-likeness (QED) is 0.906. The van der Waals surface area contributed by atoms with E-state index in [4.69, 9.17) is 10.3 Å². The third-order valence-electron chi connectivity index (χ3n) is 3.06. The number of rotatable bonds is 5. The minimum atomic E-state index is 0.116. The summed E-state index contributed by atoms with van der Waals surface area (Å²) in [6, 6.07) is 3.90. The first kappa shape index (κ1) is 14.7. The van der Waals surface area contributed by atoms with Gasteiger partial charge in [0.05, 0.1) is 5.92 Å². The molecule has 0 amide bonds. The second-order valence-corrected chi connectivity index (χ2v) is 6.28.